The Kier molecular flexibility index (Phi) is 4.28. The van der Waals surface area contributed by atoms with Gasteiger partial charge < -0.3 is 9.73 Å². The largest absolute Gasteiger partial charge is 0.459 e. The number of benzene rings is 2. The van der Waals surface area contributed by atoms with Gasteiger partial charge in [-0.1, -0.05) is 54.1 Å². The molecule has 0 saturated carbocycles. The molecule has 2 nitrogen and oxygen atoms in total. The van der Waals surface area contributed by atoms with Crippen LogP contribution in [0.3, 0.4) is 0 Å². The predicted octanol–water partition coefficient (Wildman–Crippen LogP) is 4.63. The highest BCUT2D eigenvalue weighted by atomic mass is 35.5. The van der Waals surface area contributed by atoms with Gasteiger partial charge in [0.1, 0.15) is 5.76 Å². The summed E-state index contributed by atoms with van der Waals surface area (Å²) in [6.45, 7) is 0.911. The number of furan rings is 1. The number of hydrogen-bond acceptors (Lipinski definition) is 2. The van der Waals surface area contributed by atoms with Crippen molar-refractivity contribution in [1.29, 1.82) is 0 Å². The molecule has 0 amide bonds. The van der Waals surface area contributed by atoms with E-state index in [9.17, 15) is 0 Å². The van der Waals surface area contributed by atoms with Crippen LogP contribution in [0.2, 0.25) is 5.02 Å². The van der Waals surface area contributed by atoms with Gasteiger partial charge in [-0.2, -0.15) is 0 Å². The average molecular weight is 300 g/mol. The molecule has 3 rings (SSSR count). The Labute approximate surface area is 129 Å². The maximum atomic E-state index is 6.18. The zero-order chi connectivity index (χ0) is 14.7. The van der Waals surface area contributed by atoms with Gasteiger partial charge in [0, 0.05) is 24.3 Å². The van der Waals surface area contributed by atoms with Crippen molar-refractivity contribution in [3.8, 4) is 0 Å². The average Bonchev–Trinajstić information content (AvgIpc) is 2.92. The number of fused-ring (bicyclic) bond motifs is 1. The molecule has 1 aromatic heterocycles. The third kappa shape index (κ3) is 3.12. The lowest BCUT2D eigenvalue weighted by molar-refractivity contribution is 0.506. The maximum Gasteiger partial charge on any atom is 0.152 e. The van der Waals surface area contributed by atoms with E-state index in [-0.39, 0.29) is 0 Å². The number of halogens is 1. The van der Waals surface area contributed by atoms with E-state index in [1.165, 1.54) is 5.56 Å². The van der Waals surface area contributed by atoms with Crippen molar-refractivity contribution in [1.82, 2.24) is 5.32 Å². The molecule has 0 aliphatic rings. The van der Waals surface area contributed by atoms with Gasteiger partial charge in [0.05, 0.1) is 5.02 Å². The molecule has 0 bridgehead atoms. The number of para-hydroxylation sites is 1. The van der Waals surface area contributed by atoms with Crippen molar-refractivity contribution >= 4 is 22.6 Å². The second-order valence-corrected chi connectivity index (χ2v) is 5.65. The summed E-state index contributed by atoms with van der Waals surface area (Å²) >= 11 is 6.18. The van der Waals surface area contributed by atoms with Crippen molar-refractivity contribution in [2.45, 2.75) is 12.3 Å². The molecule has 1 atom stereocenters. The van der Waals surface area contributed by atoms with Gasteiger partial charge in [-0.25, -0.2) is 0 Å². The Morgan fingerprint density at radius 2 is 1.90 bits per heavy atom. The molecule has 1 unspecified atom stereocenters. The lowest BCUT2D eigenvalue weighted by atomic mass is 9.94. The van der Waals surface area contributed by atoms with E-state index in [1.807, 2.05) is 31.3 Å². The molecule has 0 aliphatic heterocycles. The minimum atomic E-state index is 0.385. The molecule has 3 aromatic rings. The van der Waals surface area contributed by atoms with Crippen molar-refractivity contribution in [3.05, 3.63) is 70.9 Å². The van der Waals surface area contributed by atoms with Gasteiger partial charge in [0.25, 0.3) is 0 Å². The molecule has 0 spiro atoms. The first-order valence-electron chi connectivity index (χ1n) is 7.14. The van der Waals surface area contributed by atoms with E-state index in [1.54, 1.807) is 0 Å². The highest BCUT2D eigenvalue weighted by Gasteiger charge is 2.15. The van der Waals surface area contributed by atoms with Crippen LogP contribution in [0.15, 0.2) is 59.0 Å². The first-order chi connectivity index (χ1) is 10.3. The van der Waals surface area contributed by atoms with Crippen LogP contribution in [0.25, 0.3) is 11.0 Å². The maximum absolute atomic E-state index is 6.18. The summed E-state index contributed by atoms with van der Waals surface area (Å²) in [7, 11) is 1.98. The molecule has 2 aromatic carbocycles. The molecule has 3 heteroatoms. The van der Waals surface area contributed by atoms with Crippen LogP contribution < -0.4 is 5.32 Å². The van der Waals surface area contributed by atoms with Gasteiger partial charge in [-0.3, -0.25) is 0 Å². The Morgan fingerprint density at radius 3 is 2.62 bits per heavy atom. The molecular formula is C18H18ClNO. The quantitative estimate of drug-likeness (QED) is 0.743. The summed E-state index contributed by atoms with van der Waals surface area (Å²) in [5.41, 5.74) is 2.10. The third-order valence-electron chi connectivity index (χ3n) is 3.72. The smallest absolute Gasteiger partial charge is 0.152 e. The van der Waals surface area contributed by atoms with E-state index < -0.39 is 0 Å². The zero-order valence-corrected chi connectivity index (χ0v) is 12.7. The molecule has 21 heavy (non-hydrogen) atoms. The Balaban J connectivity index is 1.89. The Bertz CT molecular complexity index is 720. The van der Waals surface area contributed by atoms with Gasteiger partial charge >= 0.3 is 0 Å². The predicted molar refractivity (Wildman–Crippen MR) is 88.0 cm³/mol. The van der Waals surface area contributed by atoms with Crippen molar-refractivity contribution in [2.75, 3.05) is 13.6 Å². The summed E-state index contributed by atoms with van der Waals surface area (Å²) in [5.74, 6) is 1.36. The zero-order valence-electron chi connectivity index (χ0n) is 12.0. The van der Waals surface area contributed by atoms with Gasteiger partial charge in [-0.05, 0) is 24.7 Å². The monoisotopic (exact) mass is 299 g/mol. The van der Waals surface area contributed by atoms with Crippen LogP contribution in [-0.2, 0) is 6.42 Å². The van der Waals surface area contributed by atoms with Crippen molar-refractivity contribution in [2.24, 2.45) is 0 Å². The molecule has 0 radical (unpaired) electrons. The third-order valence-corrected chi connectivity index (χ3v) is 4.01. The topological polar surface area (TPSA) is 25.2 Å². The van der Waals surface area contributed by atoms with E-state index >= 15 is 0 Å². The molecule has 0 fully saturated rings. The second kappa shape index (κ2) is 6.33. The highest BCUT2D eigenvalue weighted by molar-refractivity contribution is 6.34. The summed E-state index contributed by atoms with van der Waals surface area (Å²) < 4.78 is 5.94. The van der Waals surface area contributed by atoms with Crippen molar-refractivity contribution < 1.29 is 4.42 Å². The fourth-order valence-corrected chi connectivity index (χ4v) is 2.92. The van der Waals surface area contributed by atoms with Crippen LogP contribution in [0.1, 0.15) is 17.2 Å². The number of rotatable bonds is 5. The molecule has 108 valence electrons. The lowest BCUT2D eigenvalue weighted by Crippen LogP contribution is -2.18. The van der Waals surface area contributed by atoms with Crippen LogP contribution in [0.4, 0.5) is 0 Å². The summed E-state index contributed by atoms with van der Waals surface area (Å²) in [5, 5.41) is 5.00. The second-order valence-electron chi connectivity index (χ2n) is 5.24. The van der Waals surface area contributed by atoms with E-state index in [4.69, 9.17) is 16.0 Å². The normalized spacial score (nSPS) is 12.7. The van der Waals surface area contributed by atoms with Crippen LogP contribution in [0, 0.1) is 0 Å². The number of hydrogen-bond donors (Lipinski definition) is 1. The molecule has 1 heterocycles. The van der Waals surface area contributed by atoms with Crippen LogP contribution in [0.5, 0.6) is 0 Å². The molecular weight excluding hydrogens is 282 g/mol. The highest BCUT2D eigenvalue weighted by Crippen LogP contribution is 2.29. The molecule has 0 aliphatic carbocycles. The Morgan fingerprint density at radius 1 is 1.10 bits per heavy atom. The first-order valence-corrected chi connectivity index (χ1v) is 7.52. The van der Waals surface area contributed by atoms with Gasteiger partial charge in [0.15, 0.2) is 5.58 Å². The fraction of sp³-hybridized carbons (Fsp3) is 0.222. The van der Waals surface area contributed by atoms with E-state index in [2.05, 4.69) is 35.6 Å². The molecule has 1 N–H and O–H groups in total. The van der Waals surface area contributed by atoms with Crippen LogP contribution in [-0.4, -0.2) is 13.6 Å². The minimum Gasteiger partial charge on any atom is -0.459 e. The van der Waals surface area contributed by atoms with Crippen molar-refractivity contribution in [3.63, 3.8) is 0 Å². The molecule has 0 saturated heterocycles. The van der Waals surface area contributed by atoms with Crippen LogP contribution >= 0.6 is 11.6 Å². The van der Waals surface area contributed by atoms with Gasteiger partial charge in [-0.15, -0.1) is 0 Å². The fourth-order valence-electron chi connectivity index (χ4n) is 2.70. The SMILES string of the molecule is CNCC(Cc1cc2cccc(Cl)c2o1)c1ccccc1. The van der Waals surface area contributed by atoms with E-state index in [0.717, 1.165) is 29.7 Å². The number of likely N-dealkylation sites (N-methyl/N-ethyl adjacent to an activating group) is 1. The van der Waals surface area contributed by atoms with E-state index in [0.29, 0.717) is 10.9 Å². The van der Waals surface area contributed by atoms with Gasteiger partial charge in [0.2, 0.25) is 0 Å². The number of nitrogens with one attached hydrogen (secondary N) is 1. The minimum absolute atomic E-state index is 0.385. The Hall–Kier alpha value is -1.77. The standard InChI is InChI=1S/C18H18ClNO/c1-20-12-15(13-6-3-2-4-7-13)11-16-10-14-8-5-9-17(19)18(14)21-16/h2-10,15,20H,11-12H2,1H3. The summed E-state index contributed by atoms with van der Waals surface area (Å²) in [6, 6.07) is 18.5. The first kappa shape index (κ1) is 14.2. The summed E-state index contributed by atoms with van der Waals surface area (Å²) in [6.07, 6.45) is 0.857. The lowest BCUT2D eigenvalue weighted by Gasteiger charge is -2.15. The summed E-state index contributed by atoms with van der Waals surface area (Å²) in [4.78, 5) is 0.